The van der Waals surface area contributed by atoms with E-state index in [2.05, 4.69) is 23.7 Å². The topological polar surface area (TPSA) is 53.4 Å². The second-order valence-corrected chi connectivity index (χ2v) is 5.80. The van der Waals surface area contributed by atoms with Crippen molar-refractivity contribution in [3.63, 3.8) is 0 Å². The number of carbonyl (C=O) groups is 1. The Kier molecular flexibility index (Phi) is 5.59. The van der Waals surface area contributed by atoms with Crippen molar-refractivity contribution in [3.05, 3.63) is 36.0 Å². The molecule has 0 saturated heterocycles. The van der Waals surface area contributed by atoms with Crippen LogP contribution in [-0.4, -0.2) is 46.3 Å². The van der Waals surface area contributed by atoms with Crippen molar-refractivity contribution in [2.75, 3.05) is 25.4 Å². The molecule has 0 atom stereocenters. The Hall–Kier alpha value is -1.59. The van der Waals surface area contributed by atoms with E-state index < -0.39 is 5.97 Å². The van der Waals surface area contributed by atoms with E-state index in [0.717, 1.165) is 41.2 Å². The largest absolute Gasteiger partial charge is 0.477 e. The maximum Gasteiger partial charge on any atom is 0.354 e. The maximum atomic E-state index is 11.2. The summed E-state index contributed by atoms with van der Waals surface area (Å²) in [5.74, 6) is -0.0757. The summed E-state index contributed by atoms with van der Waals surface area (Å²) in [5, 5.41) is 11.9. The fourth-order valence-electron chi connectivity index (χ4n) is 2.20. The molecule has 0 unspecified atom stereocenters. The van der Waals surface area contributed by atoms with Crippen LogP contribution in [0.3, 0.4) is 0 Å². The molecule has 0 spiro atoms. The van der Waals surface area contributed by atoms with Gasteiger partial charge in [-0.25, -0.2) is 9.78 Å². The van der Waals surface area contributed by atoms with Gasteiger partial charge in [-0.15, -0.1) is 11.8 Å². The van der Waals surface area contributed by atoms with Crippen LogP contribution in [0.25, 0.3) is 10.8 Å². The SMILES string of the molecule is CCN(CC)CCSc1nc(C(=O)O)cc2ccccc12. The maximum absolute atomic E-state index is 11.2. The van der Waals surface area contributed by atoms with Gasteiger partial charge in [-0.2, -0.15) is 0 Å². The first-order chi connectivity index (χ1) is 10.2. The molecule has 1 heterocycles. The molecule has 0 bridgehead atoms. The highest BCUT2D eigenvalue weighted by Crippen LogP contribution is 2.27. The van der Waals surface area contributed by atoms with Crippen LogP contribution in [0.2, 0.25) is 0 Å². The molecule has 1 aromatic carbocycles. The number of carboxylic acid groups (broad SMARTS) is 1. The van der Waals surface area contributed by atoms with Crippen LogP contribution in [0.1, 0.15) is 24.3 Å². The molecule has 0 radical (unpaired) electrons. The third kappa shape index (κ3) is 3.95. The quantitative estimate of drug-likeness (QED) is 0.795. The van der Waals surface area contributed by atoms with E-state index in [-0.39, 0.29) is 5.69 Å². The summed E-state index contributed by atoms with van der Waals surface area (Å²) in [4.78, 5) is 17.8. The highest BCUT2D eigenvalue weighted by Gasteiger charge is 2.11. The molecule has 2 aromatic rings. The van der Waals surface area contributed by atoms with Gasteiger partial charge in [-0.05, 0) is 24.5 Å². The van der Waals surface area contributed by atoms with Gasteiger partial charge >= 0.3 is 5.97 Å². The van der Waals surface area contributed by atoms with Gasteiger partial charge in [0.25, 0.3) is 0 Å². The van der Waals surface area contributed by atoms with Crippen molar-refractivity contribution in [2.45, 2.75) is 18.9 Å². The fourth-order valence-corrected chi connectivity index (χ4v) is 3.24. The molecule has 5 heteroatoms. The molecule has 0 fully saturated rings. The van der Waals surface area contributed by atoms with Crippen molar-refractivity contribution in [3.8, 4) is 0 Å². The van der Waals surface area contributed by atoms with Crippen molar-refractivity contribution < 1.29 is 9.90 Å². The second kappa shape index (κ2) is 7.43. The van der Waals surface area contributed by atoms with Crippen LogP contribution in [0.5, 0.6) is 0 Å². The lowest BCUT2D eigenvalue weighted by atomic mass is 10.1. The Morgan fingerprint density at radius 2 is 2.00 bits per heavy atom. The van der Waals surface area contributed by atoms with Crippen LogP contribution in [0.15, 0.2) is 35.4 Å². The Balaban J connectivity index is 2.23. The summed E-state index contributed by atoms with van der Waals surface area (Å²) in [6.07, 6.45) is 0. The minimum atomic E-state index is -0.980. The van der Waals surface area contributed by atoms with Crippen molar-refractivity contribution in [1.29, 1.82) is 0 Å². The van der Waals surface area contributed by atoms with E-state index in [9.17, 15) is 9.90 Å². The molecular weight excluding hydrogens is 284 g/mol. The third-order valence-electron chi connectivity index (χ3n) is 3.47. The lowest BCUT2D eigenvalue weighted by molar-refractivity contribution is 0.0690. The third-order valence-corrected chi connectivity index (χ3v) is 4.44. The first-order valence-electron chi connectivity index (χ1n) is 7.14. The summed E-state index contributed by atoms with van der Waals surface area (Å²) in [7, 11) is 0. The van der Waals surface area contributed by atoms with E-state index in [1.165, 1.54) is 0 Å². The Morgan fingerprint density at radius 3 is 2.67 bits per heavy atom. The van der Waals surface area contributed by atoms with E-state index in [0.29, 0.717) is 0 Å². The van der Waals surface area contributed by atoms with Gasteiger partial charge in [-0.1, -0.05) is 38.1 Å². The molecule has 1 N–H and O–H groups in total. The minimum Gasteiger partial charge on any atom is -0.477 e. The first-order valence-corrected chi connectivity index (χ1v) is 8.12. The molecule has 4 nitrogen and oxygen atoms in total. The molecule has 0 aliphatic rings. The zero-order valence-corrected chi connectivity index (χ0v) is 13.2. The van der Waals surface area contributed by atoms with Gasteiger partial charge in [0.2, 0.25) is 0 Å². The monoisotopic (exact) mass is 304 g/mol. The van der Waals surface area contributed by atoms with Gasteiger partial charge in [0.15, 0.2) is 0 Å². The van der Waals surface area contributed by atoms with Gasteiger partial charge in [0.05, 0.1) is 0 Å². The van der Waals surface area contributed by atoms with Gasteiger partial charge in [-0.3, -0.25) is 0 Å². The first kappa shape index (κ1) is 15.8. The smallest absolute Gasteiger partial charge is 0.354 e. The summed E-state index contributed by atoms with van der Waals surface area (Å²) < 4.78 is 0. The summed E-state index contributed by atoms with van der Waals surface area (Å²) in [6, 6.07) is 9.43. The number of aromatic nitrogens is 1. The highest BCUT2D eigenvalue weighted by atomic mass is 32.2. The number of pyridine rings is 1. The number of benzene rings is 1. The molecule has 0 aliphatic heterocycles. The van der Waals surface area contributed by atoms with E-state index in [1.54, 1.807) is 17.8 Å². The lowest BCUT2D eigenvalue weighted by Gasteiger charge is -2.17. The standard InChI is InChI=1S/C16H20N2O2S/c1-3-18(4-2)9-10-21-15-13-8-6-5-7-12(13)11-14(17-15)16(19)20/h5-8,11H,3-4,9-10H2,1-2H3,(H,19,20). The van der Waals surface area contributed by atoms with Gasteiger partial charge < -0.3 is 10.0 Å². The Morgan fingerprint density at radius 1 is 1.29 bits per heavy atom. The van der Waals surface area contributed by atoms with E-state index in [1.807, 2.05) is 24.3 Å². The van der Waals surface area contributed by atoms with Crippen LogP contribution >= 0.6 is 11.8 Å². The number of carboxylic acids is 1. The van der Waals surface area contributed by atoms with Crippen LogP contribution in [0, 0.1) is 0 Å². The normalized spacial score (nSPS) is 11.2. The number of hydrogen-bond acceptors (Lipinski definition) is 4. The predicted octanol–water partition coefficient (Wildman–Crippen LogP) is 3.37. The highest BCUT2D eigenvalue weighted by molar-refractivity contribution is 7.99. The molecule has 112 valence electrons. The number of fused-ring (bicyclic) bond motifs is 1. The summed E-state index contributed by atoms with van der Waals surface area (Å²) in [5.41, 5.74) is 0.110. The molecule has 0 amide bonds. The van der Waals surface area contributed by atoms with Crippen LogP contribution in [-0.2, 0) is 0 Å². The van der Waals surface area contributed by atoms with Gasteiger partial charge in [0, 0.05) is 17.7 Å². The minimum absolute atomic E-state index is 0.110. The average molecular weight is 304 g/mol. The predicted molar refractivity (Wildman–Crippen MR) is 87.2 cm³/mol. The lowest BCUT2D eigenvalue weighted by Crippen LogP contribution is -2.25. The Bertz CT molecular complexity index is 627. The van der Waals surface area contributed by atoms with Gasteiger partial charge in [0.1, 0.15) is 10.7 Å². The van der Waals surface area contributed by atoms with E-state index in [4.69, 9.17) is 0 Å². The molecule has 0 saturated carbocycles. The molecular formula is C16H20N2O2S. The average Bonchev–Trinajstić information content (AvgIpc) is 2.51. The number of aromatic carboxylic acids is 1. The van der Waals surface area contributed by atoms with Crippen LogP contribution in [0.4, 0.5) is 0 Å². The van der Waals surface area contributed by atoms with Crippen molar-refractivity contribution in [2.24, 2.45) is 0 Å². The molecule has 21 heavy (non-hydrogen) atoms. The number of hydrogen-bond donors (Lipinski definition) is 1. The van der Waals surface area contributed by atoms with Crippen molar-refractivity contribution >= 4 is 28.5 Å². The van der Waals surface area contributed by atoms with Crippen molar-refractivity contribution in [1.82, 2.24) is 9.88 Å². The van der Waals surface area contributed by atoms with Crippen LogP contribution < -0.4 is 0 Å². The number of rotatable bonds is 7. The number of thioether (sulfide) groups is 1. The summed E-state index contributed by atoms with van der Waals surface area (Å²) in [6.45, 7) is 7.32. The second-order valence-electron chi connectivity index (χ2n) is 4.71. The fraction of sp³-hybridized carbons (Fsp3) is 0.375. The molecule has 0 aliphatic carbocycles. The van der Waals surface area contributed by atoms with E-state index >= 15 is 0 Å². The Labute approximate surface area is 129 Å². The number of nitrogens with zero attached hydrogens (tertiary/aromatic N) is 2. The molecule has 2 rings (SSSR count). The molecule has 1 aromatic heterocycles. The zero-order chi connectivity index (χ0) is 15.2. The zero-order valence-electron chi connectivity index (χ0n) is 12.4. The summed E-state index contributed by atoms with van der Waals surface area (Å²) >= 11 is 1.62.